The number of hydrogen-bond acceptors (Lipinski definition) is 5. The maximum Gasteiger partial charge on any atom is 0.259 e. The number of hydrogen-bond donors (Lipinski definition) is 1. The summed E-state index contributed by atoms with van der Waals surface area (Å²) in [5.74, 6) is -0.923. The van der Waals surface area contributed by atoms with Crippen molar-refractivity contribution in [1.29, 1.82) is 0 Å². The van der Waals surface area contributed by atoms with E-state index in [0.717, 1.165) is 0 Å². The molecule has 142 valence electrons. The molecule has 2 aromatic carbocycles. The predicted molar refractivity (Wildman–Crippen MR) is 105 cm³/mol. The first-order valence-electron chi connectivity index (χ1n) is 8.46. The molecule has 1 N–H and O–H groups in total. The Bertz CT molecular complexity index is 1040. The van der Waals surface area contributed by atoms with Gasteiger partial charge in [0.15, 0.2) is 0 Å². The van der Waals surface area contributed by atoms with Crippen LogP contribution in [0.1, 0.15) is 27.7 Å². The summed E-state index contributed by atoms with van der Waals surface area (Å²) in [6.07, 6.45) is 0.282. The molecule has 0 spiro atoms. The van der Waals surface area contributed by atoms with Crippen LogP contribution in [0.4, 0.5) is 15.2 Å². The molecular weight excluding hydrogens is 403 g/mol. The summed E-state index contributed by atoms with van der Waals surface area (Å²) in [4.78, 5) is 26.3. The smallest absolute Gasteiger partial charge is 0.259 e. The number of nitrogens with one attached hydrogen (secondary N) is 1. The average molecular weight is 417 g/mol. The maximum atomic E-state index is 13.1. The molecule has 0 bridgehead atoms. The zero-order valence-electron chi connectivity index (χ0n) is 14.4. The van der Waals surface area contributed by atoms with Crippen LogP contribution in [0.25, 0.3) is 0 Å². The van der Waals surface area contributed by atoms with Crippen molar-refractivity contribution in [3.8, 4) is 0 Å². The van der Waals surface area contributed by atoms with Gasteiger partial charge in [-0.1, -0.05) is 35.1 Å². The van der Waals surface area contributed by atoms with Crippen molar-refractivity contribution in [3.05, 3.63) is 69.9 Å². The molecule has 1 unspecified atom stereocenters. The van der Waals surface area contributed by atoms with Gasteiger partial charge >= 0.3 is 0 Å². The fourth-order valence-corrected chi connectivity index (χ4v) is 4.05. The summed E-state index contributed by atoms with van der Waals surface area (Å²) in [5.41, 5.74) is 0.991. The Kier molecular flexibility index (Phi) is 5.06. The Morgan fingerprint density at radius 1 is 1.18 bits per heavy atom. The van der Waals surface area contributed by atoms with E-state index in [1.165, 1.54) is 23.5 Å². The van der Waals surface area contributed by atoms with E-state index < -0.39 is 0 Å². The molecule has 6 nitrogen and oxygen atoms in total. The van der Waals surface area contributed by atoms with Crippen LogP contribution in [0.3, 0.4) is 0 Å². The summed E-state index contributed by atoms with van der Waals surface area (Å²) < 4.78 is 13.1. The fourth-order valence-electron chi connectivity index (χ4n) is 3.00. The van der Waals surface area contributed by atoms with Gasteiger partial charge in [-0.15, -0.1) is 10.2 Å². The summed E-state index contributed by atoms with van der Waals surface area (Å²) in [6, 6.07) is 12.5. The van der Waals surface area contributed by atoms with Crippen molar-refractivity contribution in [3.63, 3.8) is 0 Å². The minimum absolute atomic E-state index is 0.0616. The minimum atomic E-state index is -0.372. The van der Waals surface area contributed by atoms with Gasteiger partial charge in [-0.3, -0.25) is 14.9 Å². The molecule has 1 saturated heterocycles. The molecule has 28 heavy (non-hydrogen) atoms. The number of carbonyl (C=O) groups excluding carboxylic acids is 2. The van der Waals surface area contributed by atoms with Crippen LogP contribution >= 0.6 is 22.9 Å². The van der Waals surface area contributed by atoms with E-state index in [2.05, 4.69) is 15.5 Å². The number of rotatable bonds is 4. The van der Waals surface area contributed by atoms with Crippen molar-refractivity contribution in [2.45, 2.75) is 12.3 Å². The topological polar surface area (TPSA) is 75.2 Å². The molecular formula is C19H14ClFN4O2S. The van der Waals surface area contributed by atoms with E-state index in [9.17, 15) is 14.0 Å². The molecule has 1 aromatic heterocycles. The van der Waals surface area contributed by atoms with Crippen LogP contribution in [0.5, 0.6) is 0 Å². The number of anilines is 2. The minimum Gasteiger partial charge on any atom is -0.312 e. The van der Waals surface area contributed by atoms with Crippen molar-refractivity contribution < 1.29 is 14.0 Å². The van der Waals surface area contributed by atoms with Gasteiger partial charge in [0, 0.05) is 24.6 Å². The largest absolute Gasteiger partial charge is 0.312 e. The molecule has 9 heteroatoms. The standard InChI is InChI=1S/C19H14ClFN4O2S/c20-15-4-2-1-3-14(15)17(27)22-19-24-23-18(28-19)11-9-16(26)25(10-11)13-7-5-12(21)6-8-13/h1-8,11H,9-10H2,(H,22,24,27). The van der Waals surface area contributed by atoms with Crippen molar-refractivity contribution >= 4 is 45.6 Å². The lowest BCUT2D eigenvalue weighted by molar-refractivity contribution is -0.117. The molecule has 3 aromatic rings. The van der Waals surface area contributed by atoms with Gasteiger partial charge in [-0.25, -0.2) is 4.39 Å². The average Bonchev–Trinajstić information content (AvgIpc) is 3.29. The third-order valence-corrected chi connectivity index (χ3v) is 5.72. The van der Waals surface area contributed by atoms with E-state index in [-0.39, 0.29) is 30.0 Å². The summed E-state index contributed by atoms with van der Waals surface area (Å²) >= 11 is 7.26. The highest BCUT2D eigenvalue weighted by Crippen LogP contribution is 2.34. The highest BCUT2D eigenvalue weighted by Gasteiger charge is 2.34. The second-order valence-electron chi connectivity index (χ2n) is 6.26. The van der Waals surface area contributed by atoms with E-state index in [0.29, 0.717) is 33.0 Å². The third kappa shape index (κ3) is 3.74. The van der Waals surface area contributed by atoms with Gasteiger partial charge in [0.1, 0.15) is 10.8 Å². The van der Waals surface area contributed by atoms with Crippen molar-refractivity contribution in [2.75, 3.05) is 16.8 Å². The lowest BCUT2D eigenvalue weighted by Crippen LogP contribution is -2.24. The van der Waals surface area contributed by atoms with Gasteiger partial charge in [0.2, 0.25) is 11.0 Å². The molecule has 4 rings (SSSR count). The Morgan fingerprint density at radius 3 is 2.68 bits per heavy atom. The van der Waals surface area contributed by atoms with Crippen molar-refractivity contribution in [2.24, 2.45) is 0 Å². The molecule has 2 heterocycles. The fraction of sp³-hybridized carbons (Fsp3) is 0.158. The quantitative estimate of drug-likeness (QED) is 0.694. The molecule has 1 aliphatic rings. The lowest BCUT2D eigenvalue weighted by atomic mass is 10.1. The van der Waals surface area contributed by atoms with Crippen LogP contribution in [-0.2, 0) is 4.79 Å². The zero-order valence-corrected chi connectivity index (χ0v) is 16.0. The van der Waals surface area contributed by atoms with Crippen LogP contribution in [0.15, 0.2) is 48.5 Å². The highest BCUT2D eigenvalue weighted by molar-refractivity contribution is 7.15. The Labute approximate surface area is 169 Å². The second-order valence-corrected chi connectivity index (χ2v) is 7.68. The lowest BCUT2D eigenvalue weighted by Gasteiger charge is -2.16. The normalized spacial score (nSPS) is 16.4. The molecule has 1 fully saturated rings. The molecule has 0 radical (unpaired) electrons. The SMILES string of the molecule is O=C(Nc1nnc(C2CC(=O)N(c3ccc(F)cc3)C2)s1)c1ccccc1Cl. The summed E-state index contributed by atoms with van der Waals surface area (Å²) in [7, 11) is 0. The third-order valence-electron chi connectivity index (χ3n) is 4.39. The van der Waals surface area contributed by atoms with Gasteiger partial charge in [-0.2, -0.15) is 0 Å². The van der Waals surface area contributed by atoms with E-state index in [4.69, 9.17) is 11.6 Å². The van der Waals surface area contributed by atoms with Gasteiger partial charge in [0.25, 0.3) is 5.91 Å². The van der Waals surface area contributed by atoms with Gasteiger partial charge in [-0.05, 0) is 36.4 Å². The first kappa shape index (κ1) is 18.5. The monoisotopic (exact) mass is 416 g/mol. The van der Waals surface area contributed by atoms with Crippen LogP contribution < -0.4 is 10.2 Å². The first-order chi connectivity index (χ1) is 13.5. The van der Waals surface area contributed by atoms with E-state index >= 15 is 0 Å². The molecule has 1 aliphatic heterocycles. The summed E-state index contributed by atoms with van der Waals surface area (Å²) in [6.45, 7) is 0.428. The number of aromatic nitrogens is 2. The zero-order chi connectivity index (χ0) is 19.7. The predicted octanol–water partition coefficient (Wildman–Crippen LogP) is 4.10. The van der Waals surface area contributed by atoms with Crippen LogP contribution in [-0.4, -0.2) is 28.6 Å². The number of halogens is 2. The number of amides is 2. The van der Waals surface area contributed by atoms with E-state index in [1.54, 1.807) is 41.3 Å². The first-order valence-corrected chi connectivity index (χ1v) is 9.66. The molecule has 2 amide bonds. The Hall–Kier alpha value is -2.84. The van der Waals surface area contributed by atoms with Gasteiger partial charge in [0.05, 0.1) is 10.6 Å². The van der Waals surface area contributed by atoms with E-state index in [1.807, 2.05) is 0 Å². The van der Waals surface area contributed by atoms with Crippen LogP contribution in [0, 0.1) is 5.82 Å². The van der Waals surface area contributed by atoms with Gasteiger partial charge < -0.3 is 4.90 Å². The highest BCUT2D eigenvalue weighted by atomic mass is 35.5. The number of nitrogens with zero attached hydrogens (tertiary/aromatic N) is 3. The second kappa shape index (κ2) is 7.65. The Morgan fingerprint density at radius 2 is 1.93 bits per heavy atom. The Balaban J connectivity index is 1.46. The molecule has 0 aliphatic carbocycles. The number of benzene rings is 2. The maximum absolute atomic E-state index is 13.1. The van der Waals surface area contributed by atoms with Crippen molar-refractivity contribution in [1.82, 2.24) is 10.2 Å². The number of carbonyl (C=O) groups is 2. The molecule has 1 atom stereocenters. The summed E-state index contributed by atoms with van der Waals surface area (Å²) in [5, 5.41) is 12.2. The molecule has 0 saturated carbocycles. The van der Waals surface area contributed by atoms with Crippen LogP contribution in [0.2, 0.25) is 5.02 Å².